The number of hydrogen-bond acceptors (Lipinski definition) is 21. The number of aryl methyl sites for hydroxylation is 1. The third kappa shape index (κ3) is 8.17. The molecule has 2 aromatic heterocycles. The molecule has 4 aliphatic rings. The lowest BCUT2D eigenvalue weighted by Gasteiger charge is -2.67. The van der Waals surface area contributed by atoms with Crippen LogP contribution in [0.3, 0.4) is 0 Å². The molecular formula is C46H49NO20. The molecule has 2 N–H and O–H groups in total. The molecular weight excluding hydrogens is 886 g/mol. The van der Waals surface area contributed by atoms with Crippen LogP contribution < -0.4 is 0 Å². The Morgan fingerprint density at radius 1 is 0.791 bits per heavy atom. The number of carbonyl (C=O) groups is 8. The van der Waals surface area contributed by atoms with Crippen molar-refractivity contribution in [1.82, 2.24) is 4.98 Å². The van der Waals surface area contributed by atoms with Gasteiger partial charge in [-0.2, -0.15) is 0 Å². The van der Waals surface area contributed by atoms with Crippen molar-refractivity contribution in [3.8, 4) is 0 Å². The van der Waals surface area contributed by atoms with Gasteiger partial charge >= 0.3 is 47.8 Å². The Balaban J connectivity index is 1.57. The number of furan rings is 1. The van der Waals surface area contributed by atoms with Crippen molar-refractivity contribution in [1.29, 1.82) is 0 Å². The largest absolute Gasteiger partial charge is 0.472 e. The van der Waals surface area contributed by atoms with Crippen LogP contribution in [0.25, 0.3) is 0 Å². The van der Waals surface area contributed by atoms with Gasteiger partial charge in [-0.05, 0) is 57.5 Å². The van der Waals surface area contributed by atoms with E-state index in [9.17, 15) is 43.8 Å². The fourth-order valence-electron chi connectivity index (χ4n) is 10.2. The molecule has 358 valence electrons. The number of fused-ring (bicyclic) bond motifs is 5. The second-order valence-electron chi connectivity index (χ2n) is 17.5. The van der Waals surface area contributed by atoms with E-state index in [1.165, 1.54) is 50.4 Å². The average Bonchev–Trinajstić information content (AvgIpc) is 3.88. The average molecular weight is 936 g/mol. The van der Waals surface area contributed by atoms with E-state index in [0.717, 1.165) is 47.1 Å². The molecule has 1 saturated heterocycles. The lowest BCUT2D eigenvalue weighted by atomic mass is 9.45. The third-order valence-electron chi connectivity index (χ3n) is 13.0. The molecule has 2 aliphatic carbocycles. The van der Waals surface area contributed by atoms with Gasteiger partial charge in [0.15, 0.2) is 24.4 Å². The summed E-state index contributed by atoms with van der Waals surface area (Å²) in [5, 5.41) is 26.8. The number of nitrogens with zero attached hydrogens (tertiary/aromatic N) is 1. The summed E-state index contributed by atoms with van der Waals surface area (Å²) in [5.74, 6) is -10.7. The molecule has 2 aliphatic heterocycles. The normalized spacial score (nSPS) is 34.4. The maximum Gasteiger partial charge on any atom is 0.350 e. The zero-order valence-electron chi connectivity index (χ0n) is 37.4. The Labute approximate surface area is 382 Å². The van der Waals surface area contributed by atoms with E-state index in [2.05, 4.69) is 4.98 Å². The summed E-state index contributed by atoms with van der Waals surface area (Å²) >= 11 is 0. The van der Waals surface area contributed by atoms with Gasteiger partial charge in [0.05, 0.1) is 40.7 Å². The molecule has 67 heavy (non-hydrogen) atoms. The summed E-state index contributed by atoms with van der Waals surface area (Å²) in [5.41, 5.74) is -13.5. The molecule has 12 atom stereocenters. The first kappa shape index (κ1) is 48.2. The molecule has 1 spiro atoms. The summed E-state index contributed by atoms with van der Waals surface area (Å²) in [6.45, 7) is 5.37. The van der Waals surface area contributed by atoms with Crippen LogP contribution in [0.15, 0.2) is 71.7 Å². The predicted molar refractivity (Wildman–Crippen MR) is 219 cm³/mol. The Hall–Kier alpha value is -6.71. The number of pyridine rings is 1. The number of aromatic nitrogens is 1. The predicted octanol–water partition coefficient (Wildman–Crippen LogP) is 2.16. The van der Waals surface area contributed by atoms with Crippen LogP contribution >= 0.6 is 0 Å². The van der Waals surface area contributed by atoms with Gasteiger partial charge in [0.25, 0.3) is 0 Å². The molecule has 21 nitrogen and oxygen atoms in total. The van der Waals surface area contributed by atoms with Crippen LogP contribution in [0, 0.1) is 11.3 Å². The zero-order valence-corrected chi connectivity index (χ0v) is 37.4. The summed E-state index contributed by atoms with van der Waals surface area (Å²) in [4.78, 5) is 115. The minimum Gasteiger partial charge on any atom is -0.472 e. The SMILES string of the molecule is CC(=O)OC[C@]12[C@H](OC(C)=O)[C@H](OC(C)=O)[C@@H]3[C@@H](O)[C@@]14O[C@@]3(C)COC(=O)c1cccnc1CC[C@@](C)(OC(=O)c1ccccc1)C(=O)O[C@@H]([C@H](OC(=O)c1ccoc1)[C@@H]2OC(C)=O)[C@]4(C)O. The van der Waals surface area contributed by atoms with Gasteiger partial charge in [-0.1, -0.05) is 18.2 Å². The first-order valence-electron chi connectivity index (χ1n) is 21.1. The van der Waals surface area contributed by atoms with E-state index in [4.69, 9.17) is 47.0 Å². The second-order valence-corrected chi connectivity index (χ2v) is 17.5. The minimum absolute atomic E-state index is 0.00373. The highest BCUT2D eigenvalue weighted by atomic mass is 16.7. The third-order valence-corrected chi connectivity index (χ3v) is 13.0. The van der Waals surface area contributed by atoms with Crippen molar-refractivity contribution in [2.75, 3.05) is 13.2 Å². The van der Waals surface area contributed by atoms with Crippen LogP contribution in [0.1, 0.15) is 91.7 Å². The van der Waals surface area contributed by atoms with Crippen LogP contribution in [0.2, 0.25) is 0 Å². The van der Waals surface area contributed by atoms with Gasteiger partial charge in [0.1, 0.15) is 47.8 Å². The molecule has 3 aromatic rings. The number of ether oxygens (including phenoxy) is 9. The van der Waals surface area contributed by atoms with Crippen LogP contribution in [0.4, 0.5) is 0 Å². The molecule has 3 fully saturated rings. The maximum atomic E-state index is 15.2. The molecule has 21 heteroatoms. The Kier molecular flexibility index (Phi) is 12.8. The maximum absolute atomic E-state index is 15.2. The number of rotatable bonds is 9. The standard InChI is InChI=1S/C46H49NO20/c1-23(48)59-22-45-36(62-25(3)50)32(61-24(2)49)31-34(52)46(45)44(7,57)35(33(37(45)63-26(4)51)64-38(53)28-16-19-58-20-28)65-41(56)42(5,66-39(54)27-12-9-8-10-13-27)17-15-30-29(14-11-18-47-30)40(55)60-21-43(31,6)67-46/h8-14,16,18-20,31-37,52,57H,15,17,21-22H2,1-7H3/t31-,32-,33+,34-,35+,36-,37+,42-,43+,44+,45-,46+/m1/s1. The highest BCUT2D eigenvalue weighted by molar-refractivity contribution is 5.93. The highest BCUT2D eigenvalue weighted by Crippen LogP contribution is 2.69. The molecule has 1 aromatic carbocycles. The minimum atomic E-state index is -3.03. The van der Waals surface area contributed by atoms with Crippen molar-refractivity contribution in [2.45, 2.75) is 120 Å². The van der Waals surface area contributed by atoms with Crippen molar-refractivity contribution in [3.63, 3.8) is 0 Å². The highest BCUT2D eigenvalue weighted by Gasteiger charge is 2.91. The molecule has 7 rings (SSSR count). The number of aliphatic hydroxyl groups is 2. The Morgan fingerprint density at radius 2 is 1.45 bits per heavy atom. The number of cyclic esters (lactones) is 1. The number of carbonyl (C=O) groups excluding carboxylic acids is 8. The lowest BCUT2D eigenvalue weighted by Crippen LogP contribution is -2.89. The van der Waals surface area contributed by atoms with Crippen molar-refractivity contribution >= 4 is 47.8 Å². The van der Waals surface area contributed by atoms with Gasteiger partial charge in [-0.25, -0.2) is 19.2 Å². The summed E-state index contributed by atoms with van der Waals surface area (Å²) < 4.78 is 59.8. The first-order valence-corrected chi connectivity index (χ1v) is 21.1. The topological polar surface area (TPSA) is 286 Å². The van der Waals surface area contributed by atoms with Crippen molar-refractivity contribution < 1.29 is 95.6 Å². The van der Waals surface area contributed by atoms with Crippen LogP contribution in [0.5, 0.6) is 0 Å². The monoisotopic (exact) mass is 935 g/mol. The molecule has 0 unspecified atom stereocenters. The van der Waals surface area contributed by atoms with E-state index < -0.39 is 138 Å². The van der Waals surface area contributed by atoms with E-state index in [0.29, 0.717) is 0 Å². The number of hydrogen-bond donors (Lipinski definition) is 2. The number of benzene rings is 1. The fourth-order valence-corrected chi connectivity index (χ4v) is 10.2. The van der Waals surface area contributed by atoms with Gasteiger partial charge in [0, 0.05) is 40.3 Å². The molecule has 0 radical (unpaired) electrons. The van der Waals surface area contributed by atoms with Crippen molar-refractivity contribution in [2.24, 2.45) is 11.3 Å². The van der Waals surface area contributed by atoms with Crippen LogP contribution in [-0.4, -0.2) is 135 Å². The molecule has 4 heterocycles. The Bertz CT molecular complexity index is 2450. The smallest absolute Gasteiger partial charge is 0.350 e. The van der Waals surface area contributed by atoms with Gasteiger partial charge in [-0.3, -0.25) is 24.2 Å². The van der Waals surface area contributed by atoms with Gasteiger partial charge in [-0.15, -0.1) is 0 Å². The zero-order chi connectivity index (χ0) is 48.9. The number of esters is 8. The first-order chi connectivity index (χ1) is 31.5. The Morgan fingerprint density at radius 3 is 2.06 bits per heavy atom. The van der Waals surface area contributed by atoms with E-state index in [1.807, 2.05) is 0 Å². The summed E-state index contributed by atoms with van der Waals surface area (Å²) in [7, 11) is 0. The molecule has 2 saturated carbocycles. The van der Waals surface area contributed by atoms with Crippen molar-refractivity contribution in [3.05, 3.63) is 89.6 Å². The second kappa shape index (κ2) is 17.8. The molecule has 0 amide bonds. The van der Waals surface area contributed by atoms with E-state index >= 15 is 4.79 Å². The lowest BCUT2D eigenvalue weighted by molar-refractivity contribution is -0.386. The van der Waals surface area contributed by atoms with E-state index in [-0.39, 0.29) is 28.8 Å². The summed E-state index contributed by atoms with van der Waals surface area (Å²) in [6, 6.07) is 11.5. The van der Waals surface area contributed by atoms with E-state index in [1.54, 1.807) is 18.2 Å². The van der Waals surface area contributed by atoms with Gasteiger partial charge in [0.2, 0.25) is 5.60 Å². The summed E-state index contributed by atoms with van der Waals surface area (Å²) in [6.07, 6.45) is -10.4. The number of aliphatic hydroxyl groups excluding tert-OH is 1. The fraction of sp³-hybridized carbons (Fsp3) is 0.500. The van der Waals surface area contributed by atoms with Gasteiger partial charge < -0.3 is 57.3 Å². The quantitative estimate of drug-likeness (QED) is 0.230. The molecule has 4 bridgehead atoms. The van der Waals surface area contributed by atoms with Crippen LogP contribution in [-0.2, 0) is 73.0 Å².